The van der Waals surface area contributed by atoms with E-state index in [1.54, 1.807) is 0 Å². The predicted molar refractivity (Wildman–Crippen MR) is 89.3 cm³/mol. The van der Waals surface area contributed by atoms with Gasteiger partial charge >= 0.3 is 7.12 Å². The lowest BCUT2D eigenvalue weighted by Gasteiger charge is -2.32. The molecule has 1 aromatic heterocycles. The van der Waals surface area contributed by atoms with E-state index >= 15 is 0 Å². The second-order valence-electron chi connectivity index (χ2n) is 7.20. The number of allylic oxidation sites excluding steroid dienone is 1. The minimum absolute atomic E-state index is 0.341. The molecular weight excluding hydrogens is 275 g/mol. The van der Waals surface area contributed by atoms with Crippen LogP contribution in [0.25, 0.3) is 17.0 Å². The van der Waals surface area contributed by atoms with Gasteiger partial charge in [-0.15, -0.1) is 0 Å². The van der Waals surface area contributed by atoms with Crippen molar-refractivity contribution in [3.63, 3.8) is 0 Å². The highest BCUT2D eigenvalue weighted by Crippen LogP contribution is 2.38. The predicted octanol–water partition coefficient (Wildman–Crippen LogP) is 3.69. The molecule has 4 heteroatoms. The van der Waals surface area contributed by atoms with Crippen molar-refractivity contribution in [2.45, 2.75) is 51.7 Å². The summed E-state index contributed by atoms with van der Waals surface area (Å²) in [5.74, 6) is 0.977. The lowest BCUT2D eigenvalue weighted by atomic mass is 9.78. The van der Waals surface area contributed by atoms with Gasteiger partial charge < -0.3 is 13.7 Å². The zero-order valence-corrected chi connectivity index (χ0v) is 13.6. The second kappa shape index (κ2) is 4.50. The summed E-state index contributed by atoms with van der Waals surface area (Å²) in [6, 6.07) is 6.24. The molecule has 4 rings (SSSR count). The molecule has 22 heavy (non-hydrogen) atoms. The van der Waals surface area contributed by atoms with Crippen molar-refractivity contribution in [3.05, 3.63) is 35.6 Å². The van der Waals surface area contributed by atoms with Crippen LogP contribution >= 0.6 is 0 Å². The van der Waals surface area contributed by atoms with Gasteiger partial charge in [0.2, 0.25) is 0 Å². The van der Waals surface area contributed by atoms with Gasteiger partial charge in [-0.05, 0) is 46.6 Å². The Labute approximate surface area is 131 Å². The van der Waals surface area contributed by atoms with Crippen molar-refractivity contribution in [2.24, 2.45) is 0 Å². The van der Waals surface area contributed by atoms with Gasteiger partial charge in [0.1, 0.15) is 11.3 Å². The van der Waals surface area contributed by atoms with E-state index < -0.39 is 0 Å². The Morgan fingerprint density at radius 1 is 1.05 bits per heavy atom. The van der Waals surface area contributed by atoms with Crippen LogP contribution in [0.1, 0.15) is 45.4 Å². The number of furan rings is 1. The summed E-state index contributed by atoms with van der Waals surface area (Å²) in [4.78, 5) is 0. The Bertz CT molecular complexity index is 754. The zero-order valence-electron chi connectivity index (χ0n) is 13.6. The molecule has 2 aliphatic rings. The normalized spacial score (nSPS) is 22.3. The van der Waals surface area contributed by atoms with Gasteiger partial charge in [0.15, 0.2) is 0 Å². The van der Waals surface area contributed by atoms with E-state index in [1.165, 1.54) is 10.9 Å². The Hall–Kier alpha value is -1.52. The first-order chi connectivity index (χ1) is 10.4. The highest BCUT2D eigenvalue weighted by molar-refractivity contribution is 6.64. The number of fused-ring (bicyclic) bond motifs is 3. The van der Waals surface area contributed by atoms with Crippen molar-refractivity contribution in [1.29, 1.82) is 0 Å². The standard InChI is InChI=1S/C18H21BO3/c1-17(2)18(3,4)22-19(21-17)14-10-7-9-13-12-8-5-6-11-15(12)20-16(13)14/h6-7,9-11H,5,8H2,1-4H3. The van der Waals surface area contributed by atoms with Crippen LogP contribution in [0.3, 0.4) is 0 Å². The lowest BCUT2D eigenvalue weighted by Crippen LogP contribution is -2.41. The van der Waals surface area contributed by atoms with Crippen molar-refractivity contribution in [1.82, 2.24) is 0 Å². The van der Waals surface area contributed by atoms with E-state index in [0.29, 0.717) is 0 Å². The number of aryl methyl sites for hydroxylation is 1. The van der Waals surface area contributed by atoms with Crippen molar-refractivity contribution in [2.75, 3.05) is 0 Å². The van der Waals surface area contributed by atoms with E-state index in [1.807, 2.05) is 6.07 Å². The molecule has 1 aromatic carbocycles. The topological polar surface area (TPSA) is 31.6 Å². The van der Waals surface area contributed by atoms with Gasteiger partial charge in [0, 0.05) is 16.4 Å². The maximum atomic E-state index is 6.19. The summed E-state index contributed by atoms with van der Waals surface area (Å²) in [7, 11) is -0.384. The van der Waals surface area contributed by atoms with Crippen LogP contribution in [0.4, 0.5) is 0 Å². The molecule has 0 N–H and O–H groups in total. The summed E-state index contributed by atoms with van der Waals surface area (Å²) in [6.07, 6.45) is 6.35. The second-order valence-corrected chi connectivity index (χ2v) is 7.20. The van der Waals surface area contributed by atoms with Gasteiger partial charge in [-0.3, -0.25) is 0 Å². The maximum absolute atomic E-state index is 6.19. The SMILES string of the molecule is CC1(C)OB(c2cccc3c4c(oc23)C=CCC4)OC1(C)C. The summed E-state index contributed by atoms with van der Waals surface area (Å²) >= 11 is 0. The molecule has 0 spiro atoms. The van der Waals surface area contributed by atoms with Crippen LogP contribution in [0.5, 0.6) is 0 Å². The summed E-state index contributed by atoms with van der Waals surface area (Å²) in [5.41, 5.74) is 2.50. The highest BCUT2D eigenvalue weighted by Gasteiger charge is 2.52. The average molecular weight is 296 g/mol. The number of hydrogen-bond acceptors (Lipinski definition) is 3. The molecule has 0 amide bonds. The van der Waals surface area contributed by atoms with E-state index in [9.17, 15) is 0 Å². The first-order valence-electron chi connectivity index (χ1n) is 7.95. The molecule has 2 heterocycles. The molecule has 114 valence electrons. The molecule has 3 nitrogen and oxygen atoms in total. The highest BCUT2D eigenvalue weighted by atomic mass is 16.7. The molecule has 1 fully saturated rings. The minimum Gasteiger partial charge on any atom is -0.457 e. The average Bonchev–Trinajstić information content (AvgIpc) is 2.93. The number of hydrogen-bond donors (Lipinski definition) is 0. The lowest BCUT2D eigenvalue weighted by molar-refractivity contribution is 0.00578. The molecule has 0 bridgehead atoms. The molecule has 0 saturated carbocycles. The molecule has 0 atom stereocenters. The Morgan fingerprint density at radius 3 is 2.50 bits per heavy atom. The number of benzene rings is 1. The van der Waals surface area contributed by atoms with Crippen LogP contribution < -0.4 is 5.46 Å². The van der Waals surface area contributed by atoms with Crippen molar-refractivity contribution < 1.29 is 13.7 Å². The molecular formula is C18H21BO3. The molecule has 2 aromatic rings. The van der Waals surface area contributed by atoms with Crippen LogP contribution in [-0.2, 0) is 15.7 Å². The van der Waals surface area contributed by atoms with Gasteiger partial charge in [-0.2, -0.15) is 0 Å². The fourth-order valence-electron chi connectivity index (χ4n) is 3.18. The molecule has 1 aliphatic carbocycles. The monoisotopic (exact) mass is 296 g/mol. The Balaban J connectivity index is 1.84. The van der Waals surface area contributed by atoms with E-state index in [2.05, 4.69) is 52.0 Å². The smallest absolute Gasteiger partial charge is 0.457 e. The third-order valence-electron chi connectivity index (χ3n) is 5.22. The quantitative estimate of drug-likeness (QED) is 0.752. The first-order valence-corrected chi connectivity index (χ1v) is 7.95. The van der Waals surface area contributed by atoms with E-state index in [0.717, 1.165) is 29.6 Å². The first kappa shape index (κ1) is 14.1. The summed E-state index contributed by atoms with van der Waals surface area (Å²) < 4.78 is 18.5. The minimum atomic E-state index is -0.384. The molecule has 1 aliphatic heterocycles. The van der Waals surface area contributed by atoms with Crippen LogP contribution in [0.15, 0.2) is 28.7 Å². The van der Waals surface area contributed by atoms with Crippen LogP contribution in [0, 0.1) is 0 Å². The van der Waals surface area contributed by atoms with E-state index in [4.69, 9.17) is 13.7 Å². The molecule has 1 saturated heterocycles. The van der Waals surface area contributed by atoms with Crippen LogP contribution in [-0.4, -0.2) is 18.3 Å². The number of rotatable bonds is 1. The molecule has 0 radical (unpaired) electrons. The largest absolute Gasteiger partial charge is 0.498 e. The zero-order chi connectivity index (χ0) is 15.5. The summed E-state index contributed by atoms with van der Waals surface area (Å²) in [5, 5.41) is 1.19. The van der Waals surface area contributed by atoms with E-state index in [-0.39, 0.29) is 18.3 Å². The summed E-state index contributed by atoms with van der Waals surface area (Å²) in [6.45, 7) is 8.29. The fourth-order valence-corrected chi connectivity index (χ4v) is 3.18. The Kier molecular flexibility index (Phi) is 2.88. The third kappa shape index (κ3) is 1.90. The Morgan fingerprint density at radius 2 is 1.77 bits per heavy atom. The molecule has 0 unspecified atom stereocenters. The van der Waals surface area contributed by atoms with Crippen LogP contribution in [0.2, 0.25) is 0 Å². The van der Waals surface area contributed by atoms with Gasteiger partial charge in [-0.1, -0.05) is 24.3 Å². The van der Waals surface area contributed by atoms with Crippen molar-refractivity contribution in [3.8, 4) is 0 Å². The fraction of sp³-hybridized carbons (Fsp3) is 0.444. The third-order valence-corrected chi connectivity index (χ3v) is 5.22. The van der Waals surface area contributed by atoms with Crippen molar-refractivity contribution >= 4 is 29.6 Å². The maximum Gasteiger partial charge on any atom is 0.498 e. The van der Waals surface area contributed by atoms with Gasteiger partial charge in [-0.25, -0.2) is 0 Å². The van der Waals surface area contributed by atoms with Gasteiger partial charge in [0.25, 0.3) is 0 Å². The number of para-hydroxylation sites is 1. The van der Waals surface area contributed by atoms with Gasteiger partial charge in [0.05, 0.1) is 11.2 Å².